The third kappa shape index (κ3) is 1.35. The van der Waals surface area contributed by atoms with Crippen molar-refractivity contribution in [2.75, 3.05) is 6.61 Å². The van der Waals surface area contributed by atoms with Crippen LogP contribution in [0.3, 0.4) is 0 Å². The van der Waals surface area contributed by atoms with Crippen molar-refractivity contribution in [3.05, 3.63) is 40.9 Å². The smallest absolute Gasteiger partial charge is 0.283 e. The van der Waals surface area contributed by atoms with Crippen molar-refractivity contribution in [1.82, 2.24) is 9.71 Å². The zero-order chi connectivity index (χ0) is 9.97. The minimum absolute atomic E-state index is 0.162. The Morgan fingerprint density at radius 3 is 3.07 bits per heavy atom. The summed E-state index contributed by atoms with van der Waals surface area (Å²) in [5, 5.41) is 0.889. The number of hydrogen-bond donors (Lipinski definition) is 0. The van der Waals surface area contributed by atoms with Crippen LogP contribution in [0.1, 0.15) is 6.92 Å². The fourth-order valence-electron chi connectivity index (χ4n) is 1.32. The summed E-state index contributed by atoms with van der Waals surface area (Å²) in [6.07, 6.45) is 3.33. The fourth-order valence-corrected chi connectivity index (χ4v) is 1.32. The molecule has 0 radical (unpaired) electrons. The Morgan fingerprint density at radius 2 is 2.29 bits per heavy atom. The molecular formula is C10H10N2O2. The zero-order valence-electron chi connectivity index (χ0n) is 7.80. The van der Waals surface area contributed by atoms with E-state index in [-0.39, 0.29) is 5.56 Å². The number of hydrogen-bond acceptors (Lipinski definition) is 3. The monoisotopic (exact) mass is 190 g/mol. The van der Waals surface area contributed by atoms with Crippen LogP contribution in [0.25, 0.3) is 10.9 Å². The van der Waals surface area contributed by atoms with Crippen LogP contribution in [0, 0.1) is 0 Å². The Morgan fingerprint density at radius 1 is 1.43 bits per heavy atom. The molecule has 0 fully saturated rings. The summed E-state index contributed by atoms with van der Waals surface area (Å²) in [7, 11) is 0. The van der Waals surface area contributed by atoms with Gasteiger partial charge in [0, 0.05) is 23.8 Å². The summed E-state index contributed by atoms with van der Waals surface area (Å²) < 4.78 is 1.29. The van der Waals surface area contributed by atoms with E-state index < -0.39 is 0 Å². The van der Waals surface area contributed by atoms with Gasteiger partial charge < -0.3 is 4.84 Å². The Labute approximate surface area is 80.7 Å². The third-order valence-corrected chi connectivity index (χ3v) is 1.91. The molecule has 0 N–H and O–H groups in total. The van der Waals surface area contributed by atoms with Crippen molar-refractivity contribution in [2.45, 2.75) is 6.92 Å². The molecule has 14 heavy (non-hydrogen) atoms. The highest BCUT2D eigenvalue weighted by atomic mass is 16.7. The minimum Gasteiger partial charge on any atom is -0.411 e. The number of aromatic nitrogens is 2. The van der Waals surface area contributed by atoms with E-state index in [9.17, 15) is 4.79 Å². The van der Waals surface area contributed by atoms with Gasteiger partial charge in [-0.2, -0.15) is 0 Å². The molecule has 4 nitrogen and oxygen atoms in total. The SMILES string of the molecule is CCOn1c(=O)ccc2cnccc21. The molecule has 0 spiro atoms. The molecule has 72 valence electrons. The zero-order valence-corrected chi connectivity index (χ0v) is 7.80. The van der Waals surface area contributed by atoms with Crippen LogP contribution < -0.4 is 10.4 Å². The highest BCUT2D eigenvalue weighted by Crippen LogP contribution is 2.07. The first-order valence-corrected chi connectivity index (χ1v) is 4.42. The third-order valence-electron chi connectivity index (χ3n) is 1.91. The Hall–Kier alpha value is -1.84. The predicted molar refractivity (Wildman–Crippen MR) is 53.1 cm³/mol. The molecule has 0 bridgehead atoms. The van der Waals surface area contributed by atoms with Gasteiger partial charge in [-0.25, -0.2) is 0 Å². The van der Waals surface area contributed by atoms with Crippen LogP contribution >= 0.6 is 0 Å². The molecule has 0 aliphatic carbocycles. The van der Waals surface area contributed by atoms with Crippen molar-refractivity contribution in [2.24, 2.45) is 0 Å². The van der Waals surface area contributed by atoms with Crippen molar-refractivity contribution >= 4 is 10.9 Å². The van der Waals surface area contributed by atoms with Gasteiger partial charge in [0.2, 0.25) is 0 Å². The van der Waals surface area contributed by atoms with Gasteiger partial charge in [-0.1, -0.05) is 0 Å². The number of rotatable bonds is 2. The summed E-state index contributed by atoms with van der Waals surface area (Å²) in [4.78, 5) is 20.6. The summed E-state index contributed by atoms with van der Waals surface area (Å²) in [6, 6.07) is 4.96. The summed E-state index contributed by atoms with van der Waals surface area (Å²) >= 11 is 0. The van der Waals surface area contributed by atoms with E-state index in [1.54, 1.807) is 24.5 Å². The van der Waals surface area contributed by atoms with E-state index in [4.69, 9.17) is 4.84 Å². The maximum absolute atomic E-state index is 11.4. The quantitative estimate of drug-likeness (QED) is 0.705. The number of pyridine rings is 2. The van der Waals surface area contributed by atoms with Crippen molar-refractivity contribution < 1.29 is 4.84 Å². The lowest BCUT2D eigenvalue weighted by Gasteiger charge is -2.08. The van der Waals surface area contributed by atoms with Gasteiger partial charge in [0.25, 0.3) is 5.56 Å². The lowest BCUT2D eigenvalue weighted by molar-refractivity contribution is 0.124. The molecular weight excluding hydrogens is 180 g/mol. The lowest BCUT2D eigenvalue weighted by Crippen LogP contribution is -2.26. The normalized spacial score (nSPS) is 10.4. The van der Waals surface area contributed by atoms with Gasteiger partial charge in [0.05, 0.1) is 5.52 Å². The molecule has 2 rings (SSSR count). The second-order valence-electron chi connectivity index (χ2n) is 2.82. The maximum atomic E-state index is 11.4. The first-order valence-electron chi connectivity index (χ1n) is 4.42. The van der Waals surface area contributed by atoms with Crippen molar-refractivity contribution in [3.63, 3.8) is 0 Å². The average Bonchev–Trinajstić information content (AvgIpc) is 2.23. The maximum Gasteiger partial charge on any atom is 0.283 e. The van der Waals surface area contributed by atoms with E-state index in [2.05, 4.69) is 4.98 Å². The van der Waals surface area contributed by atoms with Crippen LogP contribution in [0.15, 0.2) is 35.4 Å². The second kappa shape index (κ2) is 3.49. The van der Waals surface area contributed by atoms with Crippen molar-refractivity contribution in [3.8, 4) is 0 Å². The topological polar surface area (TPSA) is 44.1 Å². The molecule has 4 heteroatoms. The van der Waals surface area contributed by atoms with Crippen LogP contribution in [-0.4, -0.2) is 16.3 Å². The Bertz CT molecular complexity index is 505. The van der Waals surface area contributed by atoms with Gasteiger partial charge in [-0.3, -0.25) is 9.78 Å². The second-order valence-corrected chi connectivity index (χ2v) is 2.82. The van der Waals surface area contributed by atoms with Gasteiger partial charge >= 0.3 is 0 Å². The van der Waals surface area contributed by atoms with Crippen LogP contribution in [0.4, 0.5) is 0 Å². The molecule has 0 aliphatic heterocycles. The van der Waals surface area contributed by atoms with E-state index in [0.29, 0.717) is 6.61 Å². The van der Waals surface area contributed by atoms with Crippen LogP contribution in [0.5, 0.6) is 0 Å². The Balaban J connectivity index is 2.76. The molecule has 0 saturated carbocycles. The minimum atomic E-state index is -0.162. The summed E-state index contributed by atoms with van der Waals surface area (Å²) in [6.45, 7) is 2.30. The fraction of sp³-hybridized carbons (Fsp3) is 0.200. The highest BCUT2D eigenvalue weighted by Gasteiger charge is 2.01. The molecule has 0 atom stereocenters. The first-order chi connectivity index (χ1) is 6.83. The van der Waals surface area contributed by atoms with Crippen LogP contribution in [0.2, 0.25) is 0 Å². The first kappa shape index (κ1) is 8.74. The molecule has 0 saturated heterocycles. The van der Waals surface area contributed by atoms with Crippen LogP contribution in [-0.2, 0) is 0 Å². The van der Waals surface area contributed by atoms with Gasteiger partial charge in [0.1, 0.15) is 6.61 Å². The van der Waals surface area contributed by atoms with E-state index in [1.165, 1.54) is 10.8 Å². The predicted octanol–water partition coefficient (Wildman–Crippen LogP) is 0.845. The lowest BCUT2D eigenvalue weighted by atomic mass is 10.3. The highest BCUT2D eigenvalue weighted by molar-refractivity contribution is 5.77. The Kier molecular flexibility index (Phi) is 2.18. The standard InChI is InChI=1S/C10H10N2O2/c1-2-14-12-9-5-6-11-7-8(9)3-4-10(12)13/h3-7H,2H2,1H3. The summed E-state index contributed by atoms with van der Waals surface area (Å²) in [5.74, 6) is 0. The molecule has 0 unspecified atom stereocenters. The van der Waals surface area contributed by atoms with E-state index in [1.807, 2.05) is 6.92 Å². The number of fused-ring (bicyclic) bond motifs is 1. The van der Waals surface area contributed by atoms with Gasteiger partial charge in [-0.15, -0.1) is 4.73 Å². The van der Waals surface area contributed by atoms with Gasteiger partial charge in [-0.05, 0) is 19.1 Å². The molecule has 0 aromatic carbocycles. The molecule has 2 aromatic heterocycles. The van der Waals surface area contributed by atoms with Crippen molar-refractivity contribution in [1.29, 1.82) is 0 Å². The number of nitrogens with zero attached hydrogens (tertiary/aromatic N) is 2. The molecule has 2 aromatic rings. The summed E-state index contributed by atoms with van der Waals surface area (Å²) in [5.41, 5.74) is 0.583. The van der Waals surface area contributed by atoms with E-state index >= 15 is 0 Å². The molecule has 0 amide bonds. The molecule has 2 heterocycles. The van der Waals surface area contributed by atoms with E-state index in [0.717, 1.165) is 10.9 Å². The largest absolute Gasteiger partial charge is 0.411 e. The average molecular weight is 190 g/mol. The molecule has 0 aliphatic rings. The van der Waals surface area contributed by atoms with Gasteiger partial charge in [0.15, 0.2) is 0 Å².